The zero-order valence-electron chi connectivity index (χ0n) is 20.5. The highest BCUT2D eigenvalue weighted by atomic mass is 32.2. The molecule has 3 heterocycles. The van der Waals surface area contributed by atoms with Gasteiger partial charge < -0.3 is 19.4 Å². The van der Waals surface area contributed by atoms with Gasteiger partial charge >= 0.3 is 5.97 Å². The first kappa shape index (κ1) is 25.0. The zero-order valence-corrected chi connectivity index (χ0v) is 21.3. The van der Waals surface area contributed by atoms with E-state index in [9.17, 15) is 18.4 Å². The van der Waals surface area contributed by atoms with E-state index in [1.165, 1.54) is 37.1 Å². The number of allylic oxidation sites excluding steroid dienone is 1. The van der Waals surface area contributed by atoms with Crippen molar-refractivity contribution in [2.45, 2.75) is 19.4 Å². The lowest BCUT2D eigenvalue weighted by Crippen LogP contribution is -2.49. The summed E-state index contributed by atoms with van der Waals surface area (Å²) in [5.41, 5.74) is 2.57. The maximum absolute atomic E-state index is 14.2. The minimum Gasteiger partial charge on any atom is -0.466 e. The minimum atomic E-state index is -0.678. The average Bonchev–Trinajstić information content (AvgIpc) is 3.29. The molecule has 3 aliphatic heterocycles. The van der Waals surface area contributed by atoms with Crippen LogP contribution in [0.5, 0.6) is 0 Å². The molecule has 1 atom stereocenters. The Bertz CT molecular complexity index is 1330. The topological polar surface area (TPSA) is 65.5 Å². The number of esters is 1. The van der Waals surface area contributed by atoms with E-state index in [0.717, 1.165) is 0 Å². The van der Waals surface area contributed by atoms with Crippen LogP contribution in [0.2, 0.25) is 0 Å². The number of carbonyl (C=O) groups is 2. The van der Waals surface area contributed by atoms with E-state index in [1.807, 2.05) is 15.2 Å². The van der Waals surface area contributed by atoms with Crippen molar-refractivity contribution in [1.82, 2.24) is 9.80 Å². The lowest BCUT2D eigenvalue weighted by Gasteiger charge is -2.38. The number of hydrogen-bond donors (Lipinski definition) is 0. The van der Waals surface area contributed by atoms with Crippen molar-refractivity contribution < 1.29 is 23.1 Å². The molecule has 2 aromatic rings. The van der Waals surface area contributed by atoms with Crippen LogP contribution in [0.1, 0.15) is 24.9 Å². The number of halogens is 2. The van der Waals surface area contributed by atoms with Crippen molar-refractivity contribution in [2.24, 2.45) is 4.99 Å². The van der Waals surface area contributed by atoms with Crippen molar-refractivity contribution in [1.29, 1.82) is 0 Å². The third-order valence-electron chi connectivity index (χ3n) is 6.73. The van der Waals surface area contributed by atoms with Gasteiger partial charge in [-0.1, -0.05) is 36.0 Å². The minimum absolute atomic E-state index is 0.0785. The molecule has 0 aliphatic carbocycles. The number of ether oxygens (including phenoxy) is 1. The molecule has 7 nitrogen and oxygen atoms in total. The number of aliphatic imine (C=N–C) groups is 1. The second kappa shape index (κ2) is 10.4. The van der Waals surface area contributed by atoms with E-state index in [4.69, 9.17) is 4.74 Å². The number of carbonyl (C=O) groups excluding carboxylic acids is 2. The first-order valence-electron chi connectivity index (χ1n) is 11.9. The molecule has 1 amide bonds. The molecule has 1 fully saturated rings. The molecule has 3 aliphatic rings. The maximum Gasteiger partial charge on any atom is 0.338 e. The predicted molar refractivity (Wildman–Crippen MR) is 139 cm³/mol. The Labute approximate surface area is 218 Å². The van der Waals surface area contributed by atoms with Crippen LogP contribution in [-0.2, 0) is 14.3 Å². The maximum atomic E-state index is 14.2. The molecular weight excluding hydrogens is 498 g/mol. The molecule has 37 heavy (non-hydrogen) atoms. The van der Waals surface area contributed by atoms with E-state index < -0.39 is 17.8 Å². The Morgan fingerprint density at radius 3 is 2.54 bits per heavy atom. The second-order valence-electron chi connectivity index (χ2n) is 8.94. The van der Waals surface area contributed by atoms with Gasteiger partial charge in [0, 0.05) is 31.9 Å². The number of piperazine rings is 1. The van der Waals surface area contributed by atoms with Gasteiger partial charge in [0.25, 0.3) is 0 Å². The third kappa shape index (κ3) is 4.85. The Morgan fingerprint density at radius 1 is 1.08 bits per heavy atom. The second-order valence-corrected chi connectivity index (χ2v) is 9.77. The first-order chi connectivity index (χ1) is 17.9. The lowest BCUT2D eigenvalue weighted by molar-refractivity contribution is -0.136. The van der Waals surface area contributed by atoms with Crippen LogP contribution in [-0.4, -0.2) is 60.1 Å². The summed E-state index contributed by atoms with van der Waals surface area (Å²) >= 11 is 1.36. The molecule has 0 spiro atoms. The average molecular weight is 525 g/mol. The van der Waals surface area contributed by atoms with Crippen molar-refractivity contribution in [2.75, 3.05) is 38.2 Å². The largest absolute Gasteiger partial charge is 0.466 e. The summed E-state index contributed by atoms with van der Waals surface area (Å²) in [4.78, 5) is 36.2. The molecule has 10 heteroatoms. The van der Waals surface area contributed by atoms with Gasteiger partial charge in [0.05, 0.1) is 36.5 Å². The van der Waals surface area contributed by atoms with E-state index in [-0.39, 0.29) is 18.1 Å². The highest BCUT2D eigenvalue weighted by Gasteiger charge is 2.41. The zero-order chi connectivity index (χ0) is 26.1. The molecule has 0 unspecified atom stereocenters. The van der Waals surface area contributed by atoms with Gasteiger partial charge in [-0.05, 0) is 42.2 Å². The van der Waals surface area contributed by atoms with Gasteiger partial charge in [0.2, 0.25) is 5.91 Å². The molecule has 5 rings (SSSR count). The summed E-state index contributed by atoms with van der Waals surface area (Å²) in [5.74, 6) is -1.34. The number of rotatable bonds is 5. The van der Waals surface area contributed by atoms with Crippen LogP contribution in [0.4, 0.5) is 14.5 Å². The molecule has 2 aromatic carbocycles. The number of hydrogen-bond acceptors (Lipinski definition) is 7. The van der Waals surface area contributed by atoms with Crippen molar-refractivity contribution in [3.8, 4) is 0 Å². The van der Waals surface area contributed by atoms with Gasteiger partial charge in [-0.25, -0.2) is 18.6 Å². The van der Waals surface area contributed by atoms with E-state index in [1.54, 1.807) is 42.2 Å². The Kier molecular flexibility index (Phi) is 7.01. The molecule has 0 aromatic heterocycles. The summed E-state index contributed by atoms with van der Waals surface area (Å²) in [5, 5.41) is 2.47. The summed E-state index contributed by atoms with van der Waals surface area (Å²) in [6, 6.07) is 12.0. The monoisotopic (exact) mass is 524 g/mol. The van der Waals surface area contributed by atoms with Crippen molar-refractivity contribution in [3.63, 3.8) is 0 Å². The predicted octanol–water partition coefficient (Wildman–Crippen LogP) is 4.45. The number of amides is 1. The van der Waals surface area contributed by atoms with Gasteiger partial charge in [-0.3, -0.25) is 4.79 Å². The molecule has 1 saturated heterocycles. The quantitative estimate of drug-likeness (QED) is 0.539. The molecule has 0 N–H and O–H groups in total. The smallest absolute Gasteiger partial charge is 0.338 e. The number of para-hydroxylation sites is 1. The van der Waals surface area contributed by atoms with Gasteiger partial charge in [0.1, 0.15) is 11.6 Å². The normalized spacial score (nSPS) is 19.5. The van der Waals surface area contributed by atoms with E-state index >= 15 is 0 Å². The highest BCUT2D eigenvalue weighted by molar-refractivity contribution is 8.16. The Balaban J connectivity index is 1.35. The van der Waals surface area contributed by atoms with Crippen molar-refractivity contribution in [3.05, 3.63) is 88.1 Å². The summed E-state index contributed by atoms with van der Waals surface area (Å²) < 4.78 is 33.4. The van der Waals surface area contributed by atoms with E-state index in [0.29, 0.717) is 59.6 Å². The van der Waals surface area contributed by atoms with Crippen LogP contribution in [0, 0.1) is 11.6 Å². The number of anilines is 1. The van der Waals surface area contributed by atoms with Crippen molar-refractivity contribution >= 4 is 34.5 Å². The molecular formula is C27H26F2N4O3S. The SMILES string of the molecule is COC(=O)C1=C(C)N=C2SC=C(CC(=O)N3CCN(c4ccccc4F)CC3)N2[C@@H]1c1cccc(F)c1. The van der Waals surface area contributed by atoms with Gasteiger partial charge in [0.15, 0.2) is 5.17 Å². The highest BCUT2D eigenvalue weighted by Crippen LogP contribution is 2.45. The molecule has 0 saturated carbocycles. The number of amidine groups is 1. The fourth-order valence-electron chi connectivity index (χ4n) is 4.90. The van der Waals surface area contributed by atoms with Gasteiger partial charge in [-0.15, -0.1) is 0 Å². The standard InChI is InChI=1S/C27H26F2N4O3S/c1-17-24(26(35)36-2)25(18-6-5-7-19(28)14-18)33-20(16-37-27(33)30-17)15-23(34)32-12-10-31(11-13-32)22-9-4-3-8-21(22)29/h3-9,14,16,25H,10-13,15H2,1-2H3/t25-/m1/s1. The molecule has 0 radical (unpaired) electrons. The Hall–Kier alpha value is -3.66. The third-order valence-corrected chi connectivity index (χ3v) is 7.62. The molecule has 0 bridgehead atoms. The molecule has 192 valence electrons. The van der Waals surface area contributed by atoms with Crippen LogP contribution >= 0.6 is 11.8 Å². The lowest BCUT2D eigenvalue weighted by atomic mass is 9.93. The summed E-state index contributed by atoms with van der Waals surface area (Å²) in [6.45, 7) is 3.71. The number of benzene rings is 2. The number of nitrogens with zero attached hydrogens (tertiary/aromatic N) is 4. The first-order valence-corrected chi connectivity index (χ1v) is 12.8. The van der Waals surface area contributed by atoms with E-state index in [2.05, 4.69) is 4.99 Å². The van der Waals surface area contributed by atoms with Gasteiger partial charge in [-0.2, -0.15) is 0 Å². The van der Waals surface area contributed by atoms with Crippen LogP contribution in [0.15, 0.2) is 75.9 Å². The fourth-order valence-corrected chi connectivity index (χ4v) is 5.87. The Morgan fingerprint density at radius 2 is 1.84 bits per heavy atom. The van der Waals surface area contributed by atoms with Crippen LogP contribution < -0.4 is 4.90 Å². The fraction of sp³-hybridized carbons (Fsp3) is 0.296. The number of thioether (sulfide) groups is 1. The summed E-state index contributed by atoms with van der Waals surface area (Å²) in [6.07, 6.45) is 0.0883. The number of fused-ring (bicyclic) bond motifs is 1. The summed E-state index contributed by atoms with van der Waals surface area (Å²) in [7, 11) is 1.30. The number of methoxy groups -OCH3 is 1. The van der Waals surface area contributed by atoms with Crippen LogP contribution in [0.25, 0.3) is 0 Å². The van der Waals surface area contributed by atoms with Crippen LogP contribution in [0.3, 0.4) is 0 Å².